The van der Waals surface area contributed by atoms with Crippen molar-refractivity contribution in [3.8, 4) is 0 Å². The van der Waals surface area contributed by atoms with Crippen LogP contribution in [0.1, 0.15) is 37.7 Å². The van der Waals surface area contributed by atoms with E-state index in [0.717, 1.165) is 42.1 Å². The summed E-state index contributed by atoms with van der Waals surface area (Å²) in [6.45, 7) is 0.791. The van der Waals surface area contributed by atoms with E-state index in [1.807, 2.05) is 24.3 Å². The van der Waals surface area contributed by atoms with Gasteiger partial charge in [0.2, 0.25) is 5.91 Å². The summed E-state index contributed by atoms with van der Waals surface area (Å²) in [5, 5.41) is 12.4. The number of aliphatic hydroxyl groups is 1. The smallest absolute Gasteiger partial charge is 0.230 e. The van der Waals surface area contributed by atoms with Gasteiger partial charge in [-0.25, -0.2) is 0 Å². The highest BCUT2D eigenvalue weighted by Gasteiger charge is 2.48. The Morgan fingerprint density at radius 3 is 2.30 bits per heavy atom. The molecule has 0 atom stereocenters. The number of hydrogen-bond donors (Lipinski definition) is 2. The maximum atomic E-state index is 12.6. The normalized spacial score (nSPS) is 21.9. The molecule has 0 heterocycles. The predicted molar refractivity (Wildman–Crippen MR) is 81.4 cm³/mol. The van der Waals surface area contributed by atoms with Crippen molar-refractivity contribution in [2.75, 3.05) is 13.2 Å². The molecule has 4 heteroatoms. The second kappa shape index (κ2) is 5.15. The summed E-state index contributed by atoms with van der Waals surface area (Å²) in [5.41, 5.74) is 0.741. The van der Waals surface area contributed by atoms with E-state index in [4.69, 9.17) is 0 Å². The standard InChI is InChI=1S/C16H20BrNO2/c17-13-4-2-12(3-5-13)16(6-1-7-16)14(20)18-10-15(11-19)8-9-15/h2-5,19H,1,6-11H2,(H,18,20). The first kappa shape index (κ1) is 14.1. The van der Waals surface area contributed by atoms with Crippen LogP contribution in [0.4, 0.5) is 0 Å². The van der Waals surface area contributed by atoms with E-state index in [0.29, 0.717) is 6.54 Å². The van der Waals surface area contributed by atoms with E-state index in [1.165, 1.54) is 0 Å². The summed E-state index contributed by atoms with van der Waals surface area (Å²) >= 11 is 3.44. The lowest BCUT2D eigenvalue weighted by Gasteiger charge is -2.41. The van der Waals surface area contributed by atoms with Crippen LogP contribution in [0.3, 0.4) is 0 Å². The van der Waals surface area contributed by atoms with Gasteiger partial charge in [-0.2, -0.15) is 0 Å². The largest absolute Gasteiger partial charge is 0.396 e. The number of amides is 1. The number of benzene rings is 1. The van der Waals surface area contributed by atoms with Gasteiger partial charge < -0.3 is 10.4 Å². The van der Waals surface area contributed by atoms with Gasteiger partial charge in [0, 0.05) is 16.4 Å². The van der Waals surface area contributed by atoms with Gasteiger partial charge in [-0.3, -0.25) is 4.79 Å². The zero-order valence-corrected chi connectivity index (χ0v) is 13.1. The molecule has 0 saturated heterocycles. The highest BCUT2D eigenvalue weighted by Crippen LogP contribution is 2.46. The highest BCUT2D eigenvalue weighted by molar-refractivity contribution is 9.10. The van der Waals surface area contributed by atoms with Gasteiger partial charge in [0.1, 0.15) is 0 Å². The molecule has 0 bridgehead atoms. The Kier molecular flexibility index (Phi) is 3.63. The van der Waals surface area contributed by atoms with Gasteiger partial charge >= 0.3 is 0 Å². The summed E-state index contributed by atoms with van der Waals surface area (Å²) in [4.78, 5) is 12.6. The molecule has 0 unspecified atom stereocenters. The number of hydrogen-bond acceptors (Lipinski definition) is 2. The number of nitrogens with one attached hydrogen (secondary N) is 1. The molecule has 20 heavy (non-hydrogen) atoms. The fraction of sp³-hybridized carbons (Fsp3) is 0.562. The van der Waals surface area contributed by atoms with E-state index >= 15 is 0 Å². The van der Waals surface area contributed by atoms with Crippen molar-refractivity contribution in [2.24, 2.45) is 5.41 Å². The Hall–Kier alpha value is -0.870. The minimum Gasteiger partial charge on any atom is -0.396 e. The average Bonchev–Trinajstić information content (AvgIpc) is 3.18. The van der Waals surface area contributed by atoms with Crippen LogP contribution in [-0.2, 0) is 10.2 Å². The Morgan fingerprint density at radius 2 is 1.85 bits per heavy atom. The van der Waals surface area contributed by atoms with Crippen LogP contribution in [-0.4, -0.2) is 24.2 Å². The van der Waals surface area contributed by atoms with Gasteiger partial charge in [0.25, 0.3) is 0 Å². The molecule has 3 nitrogen and oxygen atoms in total. The number of rotatable bonds is 5. The zero-order chi connectivity index (χ0) is 14.2. The molecular formula is C16H20BrNO2. The SMILES string of the molecule is O=C(NCC1(CO)CC1)C1(c2ccc(Br)cc2)CCC1. The van der Waals surface area contributed by atoms with Gasteiger partial charge in [0.15, 0.2) is 0 Å². The summed E-state index contributed by atoms with van der Waals surface area (Å²) in [6, 6.07) is 8.08. The Bertz CT molecular complexity index is 504. The first-order valence-corrected chi connectivity index (χ1v) is 8.05. The minimum absolute atomic E-state index is 0.0275. The molecule has 2 aliphatic carbocycles. The fourth-order valence-electron chi connectivity index (χ4n) is 2.95. The third-order valence-corrected chi connectivity index (χ3v) is 5.48. The van der Waals surface area contributed by atoms with Crippen LogP contribution >= 0.6 is 15.9 Å². The summed E-state index contributed by atoms with van der Waals surface area (Å²) in [7, 11) is 0. The Morgan fingerprint density at radius 1 is 1.20 bits per heavy atom. The molecular weight excluding hydrogens is 318 g/mol. The van der Waals surface area contributed by atoms with Crippen LogP contribution in [0.2, 0.25) is 0 Å². The molecule has 0 aliphatic heterocycles. The predicted octanol–water partition coefficient (Wildman–Crippen LogP) is 2.76. The van der Waals surface area contributed by atoms with Crippen molar-refractivity contribution in [1.82, 2.24) is 5.32 Å². The number of carbonyl (C=O) groups is 1. The topological polar surface area (TPSA) is 49.3 Å². The third-order valence-electron chi connectivity index (χ3n) is 4.96. The first-order chi connectivity index (χ1) is 9.60. The molecule has 0 radical (unpaired) electrons. The van der Waals surface area contributed by atoms with Crippen LogP contribution in [0.15, 0.2) is 28.7 Å². The van der Waals surface area contributed by atoms with E-state index in [-0.39, 0.29) is 23.3 Å². The summed E-state index contributed by atoms with van der Waals surface area (Å²) in [5.74, 6) is 0.130. The molecule has 2 aliphatic rings. The zero-order valence-electron chi connectivity index (χ0n) is 11.5. The lowest BCUT2D eigenvalue weighted by Crippen LogP contribution is -2.50. The fourth-order valence-corrected chi connectivity index (χ4v) is 3.21. The molecule has 1 amide bonds. The molecule has 3 rings (SSSR count). The van der Waals surface area contributed by atoms with Crippen molar-refractivity contribution in [3.05, 3.63) is 34.3 Å². The second-order valence-corrected chi connectivity index (χ2v) is 7.20. The van der Waals surface area contributed by atoms with E-state index in [9.17, 15) is 9.90 Å². The van der Waals surface area contributed by atoms with Crippen LogP contribution in [0, 0.1) is 5.41 Å². The second-order valence-electron chi connectivity index (χ2n) is 6.28. The van der Waals surface area contributed by atoms with Crippen molar-refractivity contribution in [1.29, 1.82) is 0 Å². The monoisotopic (exact) mass is 337 g/mol. The van der Waals surface area contributed by atoms with Crippen molar-refractivity contribution in [3.63, 3.8) is 0 Å². The van der Waals surface area contributed by atoms with Gasteiger partial charge in [-0.15, -0.1) is 0 Å². The Labute approximate surface area is 127 Å². The van der Waals surface area contributed by atoms with Crippen LogP contribution in [0.5, 0.6) is 0 Å². The van der Waals surface area contributed by atoms with E-state index in [1.54, 1.807) is 0 Å². The molecule has 0 aromatic heterocycles. The number of halogens is 1. The van der Waals surface area contributed by atoms with Crippen LogP contribution in [0.25, 0.3) is 0 Å². The van der Waals surface area contributed by atoms with E-state index in [2.05, 4.69) is 21.2 Å². The lowest BCUT2D eigenvalue weighted by molar-refractivity contribution is -0.130. The van der Waals surface area contributed by atoms with Crippen molar-refractivity contribution < 1.29 is 9.90 Å². The summed E-state index contributed by atoms with van der Waals surface area (Å²) < 4.78 is 1.04. The molecule has 2 fully saturated rings. The molecule has 0 spiro atoms. The highest BCUT2D eigenvalue weighted by atomic mass is 79.9. The maximum absolute atomic E-state index is 12.6. The summed E-state index contributed by atoms with van der Waals surface area (Å²) in [6.07, 6.45) is 5.00. The molecule has 1 aromatic rings. The van der Waals surface area contributed by atoms with Gasteiger partial charge in [-0.1, -0.05) is 34.5 Å². The molecule has 1 aromatic carbocycles. The van der Waals surface area contributed by atoms with Gasteiger partial charge in [-0.05, 0) is 43.4 Å². The van der Waals surface area contributed by atoms with Crippen LogP contribution < -0.4 is 5.32 Å². The van der Waals surface area contributed by atoms with Crippen molar-refractivity contribution >= 4 is 21.8 Å². The molecule has 2 N–H and O–H groups in total. The Balaban J connectivity index is 1.71. The quantitative estimate of drug-likeness (QED) is 0.867. The average molecular weight is 338 g/mol. The number of aliphatic hydroxyl groups excluding tert-OH is 1. The molecule has 108 valence electrons. The minimum atomic E-state index is -0.341. The number of carbonyl (C=O) groups excluding carboxylic acids is 1. The lowest BCUT2D eigenvalue weighted by atomic mass is 9.64. The first-order valence-electron chi connectivity index (χ1n) is 7.26. The third kappa shape index (κ3) is 2.40. The van der Waals surface area contributed by atoms with E-state index < -0.39 is 0 Å². The van der Waals surface area contributed by atoms with Gasteiger partial charge in [0.05, 0.1) is 12.0 Å². The molecule has 2 saturated carbocycles. The maximum Gasteiger partial charge on any atom is 0.230 e. The van der Waals surface area contributed by atoms with Crippen molar-refractivity contribution in [2.45, 2.75) is 37.5 Å².